The third kappa shape index (κ3) is 2.47. The molecule has 1 rings (SSSR count). The maximum absolute atomic E-state index is 12.7. The molecule has 1 atom stereocenters. The van der Waals surface area contributed by atoms with Gasteiger partial charge in [0.25, 0.3) is 0 Å². The smallest absolute Gasteiger partial charge is 0.123 e. The Hall–Kier alpha value is -0.600. The fraction of sp³-hybridized carbons (Fsp3) is 0.333. The highest BCUT2D eigenvalue weighted by Gasteiger charge is 2.03. The zero-order valence-corrected chi connectivity index (χ0v) is 7.99. The number of halogens is 2. The maximum atomic E-state index is 12.7. The molecule has 0 amide bonds. The van der Waals surface area contributed by atoms with Gasteiger partial charge < -0.3 is 5.73 Å². The zero-order valence-electron chi connectivity index (χ0n) is 7.17. The summed E-state index contributed by atoms with van der Waals surface area (Å²) in [5, 5.41) is 0. The summed E-state index contributed by atoms with van der Waals surface area (Å²) in [4.78, 5) is 0. The minimum Gasteiger partial charge on any atom is -0.324 e. The lowest BCUT2D eigenvalue weighted by atomic mass is 10.0. The van der Waals surface area contributed by atoms with Crippen LogP contribution in [-0.4, -0.2) is 0 Å². The molecule has 3 heteroatoms. The first-order valence-corrected chi connectivity index (χ1v) is 3.63. The summed E-state index contributed by atoms with van der Waals surface area (Å²) in [6, 6.07) is 4.58. The van der Waals surface area contributed by atoms with Crippen LogP contribution in [0.2, 0.25) is 0 Å². The molecule has 1 nitrogen and oxygen atoms in total. The normalized spacial score (nSPS) is 12.0. The number of hydrogen-bond acceptors (Lipinski definition) is 1. The van der Waals surface area contributed by atoms with Crippen molar-refractivity contribution in [3.05, 3.63) is 35.1 Å². The summed E-state index contributed by atoms with van der Waals surface area (Å²) >= 11 is 0. The lowest BCUT2D eigenvalue weighted by Crippen LogP contribution is -2.07. The minimum atomic E-state index is -0.220. The molecule has 1 aromatic rings. The van der Waals surface area contributed by atoms with E-state index in [4.69, 9.17) is 5.73 Å². The Kier molecular flexibility index (Phi) is 4.21. The summed E-state index contributed by atoms with van der Waals surface area (Å²) < 4.78 is 12.7. The Bertz CT molecular complexity index is 261. The van der Waals surface area contributed by atoms with E-state index in [9.17, 15) is 4.39 Å². The molecule has 0 aromatic heterocycles. The Morgan fingerprint density at radius 2 is 2.00 bits per heavy atom. The Balaban J connectivity index is 0.00000121. The van der Waals surface area contributed by atoms with Crippen molar-refractivity contribution >= 4 is 12.4 Å². The highest BCUT2D eigenvalue weighted by Crippen LogP contribution is 2.15. The third-order valence-electron chi connectivity index (χ3n) is 1.73. The molecule has 0 heterocycles. The standard InChI is InChI=1S/C9H12FN.ClH/c1-6-3-4-8(10)5-9(6)7(2)11;/h3-5,7H,11H2,1-2H3;1H. The van der Waals surface area contributed by atoms with Crippen molar-refractivity contribution in [3.8, 4) is 0 Å². The predicted molar refractivity (Wildman–Crippen MR) is 51.0 cm³/mol. The molecular formula is C9H13ClFN. The molecule has 68 valence electrons. The van der Waals surface area contributed by atoms with E-state index in [1.807, 2.05) is 13.8 Å². The highest BCUT2D eigenvalue weighted by molar-refractivity contribution is 5.85. The molecule has 0 saturated heterocycles. The van der Waals surface area contributed by atoms with Gasteiger partial charge in [-0.25, -0.2) is 4.39 Å². The van der Waals surface area contributed by atoms with Gasteiger partial charge in [0, 0.05) is 6.04 Å². The second kappa shape index (κ2) is 4.43. The van der Waals surface area contributed by atoms with Crippen LogP contribution < -0.4 is 5.73 Å². The van der Waals surface area contributed by atoms with Crippen molar-refractivity contribution in [1.82, 2.24) is 0 Å². The van der Waals surface area contributed by atoms with Gasteiger partial charge in [0.05, 0.1) is 0 Å². The molecule has 0 radical (unpaired) electrons. The van der Waals surface area contributed by atoms with E-state index in [-0.39, 0.29) is 24.3 Å². The molecule has 1 aromatic carbocycles. The van der Waals surface area contributed by atoms with Gasteiger partial charge in [0.1, 0.15) is 5.82 Å². The maximum Gasteiger partial charge on any atom is 0.123 e. The lowest BCUT2D eigenvalue weighted by molar-refractivity contribution is 0.621. The van der Waals surface area contributed by atoms with E-state index in [0.29, 0.717) is 0 Å². The van der Waals surface area contributed by atoms with Gasteiger partial charge in [-0.15, -0.1) is 12.4 Å². The Morgan fingerprint density at radius 3 is 2.42 bits per heavy atom. The summed E-state index contributed by atoms with van der Waals surface area (Å²) in [5.74, 6) is -0.220. The second-order valence-corrected chi connectivity index (χ2v) is 2.79. The van der Waals surface area contributed by atoms with Crippen LogP contribution >= 0.6 is 12.4 Å². The average molecular weight is 190 g/mol. The molecule has 0 aliphatic heterocycles. The molecular weight excluding hydrogens is 177 g/mol. The molecule has 0 fully saturated rings. The lowest BCUT2D eigenvalue weighted by Gasteiger charge is -2.08. The van der Waals surface area contributed by atoms with E-state index < -0.39 is 0 Å². The topological polar surface area (TPSA) is 26.0 Å². The number of hydrogen-bond donors (Lipinski definition) is 1. The van der Waals surface area contributed by atoms with Crippen LogP contribution in [0.15, 0.2) is 18.2 Å². The summed E-state index contributed by atoms with van der Waals surface area (Å²) in [6.07, 6.45) is 0. The van der Waals surface area contributed by atoms with E-state index in [1.165, 1.54) is 12.1 Å². The first-order valence-electron chi connectivity index (χ1n) is 3.63. The quantitative estimate of drug-likeness (QED) is 0.722. The molecule has 0 saturated carbocycles. The van der Waals surface area contributed by atoms with E-state index in [1.54, 1.807) is 6.07 Å². The van der Waals surface area contributed by atoms with E-state index >= 15 is 0 Å². The van der Waals surface area contributed by atoms with Crippen molar-refractivity contribution < 1.29 is 4.39 Å². The van der Waals surface area contributed by atoms with Gasteiger partial charge in [-0.05, 0) is 37.1 Å². The Morgan fingerprint density at radius 1 is 1.42 bits per heavy atom. The number of benzene rings is 1. The van der Waals surface area contributed by atoms with Gasteiger partial charge in [0.2, 0.25) is 0 Å². The van der Waals surface area contributed by atoms with Gasteiger partial charge >= 0.3 is 0 Å². The van der Waals surface area contributed by atoms with Gasteiger partial charge in [-0.3, -0.25) is 0 Å². The summed E-state index contributed by atoms with van der Waals surface area (Å²) in [7, 11) is 0. The first kappa shape index (κ1) is 11.4. The number of nitrogens with two attached hydrogens (primary N) is 1. The largest absolute Gasteiger partial charge is 0.324 e. The van der Waals surface area contributed by atoms with Crippen LogP contribution in [0.25, 0.3) is 0 Å². The SMILES string of the molecule is Cc1ccc(F)cc1C(C)N.Cl. The van der Waals surface area contributed by atoms with Crippen LogP contribution in [0.5, 0.6) is 0 Å². The summed E-state index contributed by atoms with van der Waals surface area (Å²) in [5.41, 5.74) is 7.54. The fourth-order valence-electron chi connectivity index (χ4n) is 1.10. The molecule has 1 unspecified atom stereocenters. The zero-order chi connectivity index (χ0) is 8.43. The van der Waals surface area contributed by atoms with Crippen molar-refractivity contribution in [2.24, 2.45) is 5.73 Å². The monoisotopic (exact) mass is 189 g/mol. The van der Waals surface area contributed by atoms with Crippen LogP contribution in [0.3, 0.4) is 0 Å². The fourth-order valence-corrected chi connectivity index (χ4v) is 1.10. The van der Waals surface area contributed by atoms with Crippen molar-refractivity contribution in [3.63, 3.8) is 0 Å². The molecule has 0 spiro atoms. The van der Waals surface area contributed by atoms with Gasteiger partial charge in [-0.2, -0.15) is 0 Å². The first-order chi connectivity index (χ1) is 5.11. The molecule has 2 N–H and O–H groups in total. The molecule has 0 aliphatic rings. The van der Waals surface area contributed by atoms with E-state index in [0.717, 1.165) is 11.1 Å². The van der Waals surface area contributed by atoms with E-state index in [2.05, 4.69) is 0 Å². The molecule has 0 bridgehead atoms. The molecule has 12 heavy (non-hydrogen) atoms. The predicted octanol–water partition coefficient (Wildman–Crippen LogP) is 2.58. The number of aryl methyl sites for hydroxylation is 1. The summed E-state index contributed by atoms with van der Waals surface area (Å²) in [6.45, 7) is 3.78. The average Bonchev–Trinajstić information content (AvgIpc) is 1.94. The third-order valence-corrected chi connectivity index (χ3v) is 1.73. The van der Waals surface area contributed by atoms with Gasteiger partial charge in [0.15, 0.2) is 0 Å². The molecule has 0 aliphatic carbocycles. The van der Waals surface area contributed by atoms with Crippen LogP contribution in [0.1, 0.15) is 24.1 Å². The minimum absolute atomic E-state index is 0. The number of rotatable bonds is 1. The Labute approximate surface area is 78.2 Å². The van der Waals surface area contributed by atoms with Crippen molar-refractivity contribution in [2.45, 2.75) is 19.9 Å². The highest BCUT2D eigenvalue weighted by atomic mass is 35.5. The van der Waals surface area contributed by atoms with Crippen molar-refractivity contribution in [1.29, 1.82) is 0 Å². The van der Waals surface area contributed by atoms with Crippen LogP contribution in [0.4, 0.5) is 4.39 Å². The second-order valence-electron chi connectivity index (χ2n) is 2.79. The van der Waals surface area contributed by atoms with Crippen LogP contribution in [0, 0.1) is 12.7 Å². The van der Waals surface area contributed by atoms with Gasteiger partial charge in [-0.1, -0.05) is 6.07 Å². The van der Waals surface area contributed by atoms with Crippen LogP contribution in [-0.2, 0) is 0 Å². The van der Waals surface area contributed by atoms with Crippen molar-refractivity contribution in [2.75, 3.05) is 0 Å².